The monoisotopic (exact) mass is 483 g/mol. The molecule has 1 unspecified atom stereocenters. The predicted octanol–water partition coefficient (Wildman–Crippen LogP) is 4.64. The number of nitrogens with zero attached hydrogens (tertiary/aromatic N) is 4. The maximum absolute atomic E-state index is 12.5. The number of hydrogen-bond acceptors (Lipinski definition) is 8. The molecule has 0 saturated carbocycles. The van der Waals surface area contributed by atoms with Crippen LogP contribution in [0.15, 0.2) is 47.4 Å². The van der Waals surface area contributed by atoms with E-state index in [4.69, 9.17) is 14.0 Å². The van der Waals surface area contributed by atoms with E-state index in [2.05, 4.69) is 20.4 Å². The zero-order chi connectivity index (χ0) is 25.6. The van der Waals surface area contributed by atoms with Crippen LogP contribution < -0.4 is 5.32 Å². The standard InChI is InChI=1S/C25H33N5O5/c1-24(2,3)33-22(31)27-19(14-18-15-30(16-26-18)23(32)34-25(4,5)6)21-28-20(29-35-21)13-12-17-10-8-7-9-11-17/h7-11,15-16,19H,12-14H2,1-6H3,(H,27,31). The molecule has 35 heavy (non-hydrogen) atoms. The van der Waals surface area contributed by atoms with E-state index in [1.807, 2.05) is 30.3 Å². The van der Waals surface area contributed by atoms with Crippen molar-refractivity contribution in [2.75, 3.05) is 0 Å². The highest BCUT2D eigenvalue weighted by Crippen LogP contribution is 2.19. The van der Waals surface area contributed by atoms with Crippen molar-refractivity contribution < 1.29 is 23.6 Å². The van der Waals surface area contributed by atoms with Gasteiger partial charge in [0.25, 0.3) is 0 Å². The van der Waals surface area contributed by atoms with E-state index in [-0.39, 0.29) is 12.3 Å². The van der Waals surface area contributed by atoms with Gasteiger partial charge < -0.3 is 19.3 Å². The molecule has 1 N–H and O–H groups in total. The number of aryl methyl sites for hydroxylation is 2. The van der Waals surface area contributed by atoms with Crippen molar-refractivity contribution in [1.29, 1.82) is 0 Å². The third-order valence-electron chi connectivity index (χ3n) is 4.61. The Morgan fingerprint density at radius 3 is 2.37 bits per heavy atom. The normalized spacial score (nSPS) is 12.7. The van der Waals surface area contributed by atoms with Gasteiger partial charge >= 0.3 is 12.2 Å². The Bertz CT molecular complexity index is 1130. The summed E-state index contributed by atoms with van der Waals surface area (Å²) < 4.78 is 17.5. The van der Waals surface area contributed by atoms with E-state index in [9.17, 15) is 9.59 Å². The molecule has 188 valence electrons. The zero-order valence-electron chi connectivity index (χ0n) is 21.1. The number of hydrogen-bond donors (Lipinski definition) is 1. The van der Waals surface area contributed by atoms with Crippen LogP contribution in [-0.2, 0) is 28.7 Å². The lowest BCUT2D eigenvalue weighted by Crippen LogP contribution is -2.36. The highest BCUT2D eigenvalue weighted by Gasteiger charge is 2.26. The SMILES string of the molecule is CC(C)(C)OC(=O)NC(Cc1cn(C(=O)OC(C)(C)C)cn1)c1nc(CCc2ccccc2)no1. The molecule has 0 radical (unpaired) electrons. The van der Waals surface area contributed by atoms with Crippen LogP contribution >= 0.6 is 0 Å². The van der Waals surface area contributed by atoms with Gasteiger partial charge in [-0.1, -0.05) is 35.5 Å². The fourth-order valence-electron chi connectivity index (χ4n) is 3.15. The first-order valence-corrected chi connectivity index (χ1v) is 11.5. The van der Waals surface area contributed by atoms with E-state index in [0.717, 1.165) is 12.0 Å². The predicted molar refractivity (Wildman–Crippen MR) is 128 cm³/mol. The molecule has 0 aliphatic rings. The molecule has 1 atom stereocenters. The van der Waals surface area contributed by atoms with Crippen LogP contribution in [0.1, 0.15) is 70.6 Å². The first kappa shape index (κ1) is 25.9. The van der Waals surface area contributed by atoms with Gasteiger partial charge in [-0.3, -0.25) is 0 Å². The first-order valence-electron chi connectivity index (χ1n) is 11.5. The van der Waals surface area contributed by atoms with Crippen LogP contribution in [0.2, 0.25) is 0 Å². The van der Waals surface area contributed by atoms with Gasteiger partial charge in [-0.15, -0.1) is 0 Å². The smallest absolute Gasteiger partial charge is 0.419 e. The van der Waals surface area contributed by atoms with E-state index >= 15 is 0 Å². The van der Waals surface area contributed by atoms with Crippen molar-refractivity contribution in [3.8, 4) is 0 Å². The van der Waals surface area contributed by atoms with Crippen LogP contribution in [0.3, 0.4) is 0 Å². The molecule has 1 amide bonds. The number of ether oxygens (including phenoxy) is 2. The van der Waals surface area contributed by atoms with Gasteiger partial charge in [0.1, 0.15) is 23.6 Å². The number of carbonyl (C=O) groups is 2. The average molecular weight is 484 g/mol. The zero-order valence-corrected chi connectivity index (χ0v) is 21.1. The Labute approximate surface area is 205 Å². The molecule has 0 spiro atoms. The summed E-state index contributed by atoms with van der Waals surface area (Å²) in [6, 6.07) is 9.30. The van der Waals surface area contributed by atoms with E-state index in [0.29, 0.717) is 17.9 Å². The highest BCUT2D eigenvalue weighted by molar-refractivity contribution is 5.70. The maximum atomic E-state index is 12.5. The molecular weight excluding hydrogens is 450 g/mol. The summed E-state index contributed by atoms with van der Waals surface area (Å²) in [5, 5.41) is 6.85. The number of carbonyl (C=O) groups excluding carboxylic acids is 2. The fraction of sp³-hybridized carbons (Fsp3) is 0.480. The Morgan fingerprint density at radius 1 is 1.03 bits per heavy atom. The number of aromatic nitrogens is 4. The second-order valence-electron chi connectivity index (χ2n) is 10.2. The lowest BCUT2D eigenvalue weighted by molar-refractivity contribution is 0.0489. The summed E-state index contributed by atoms with van der Waals surface area (Å²) in [5.41, 5.74) is 0.376. The van der Waals surface area contributed by atoms with Crippen LogP contribution in [0.5, 0.6) is 0 Å². The number of benzene rings is 1. The van der Waals surface area contributed by atoms with Crippen molar-refractivity contribution in [3.63, 3.8) is 0 Å². The quantitative estimate of drug-likeness (QED) is 0.516. The highest BCUT2D eigenvalue weighted by atomic mass is 16.6. The largest absolute Gasteiger partial charge is 0.444 e. The lowest BCUT2D eigenvalue weighted by atomic mass is 10.1. The van der Waals surface area contributed by atoms with Crippen molar-refractivity contribution in [1.82, 2.24) is 25.0 Å². The summed E-state index contributed by atoms with van der Waals surface area (Å²) in [4.78, 5) is 33.6. The molecule has 3 rings (SSSR count). The number of nitrogens with one attached hydrogen (secondary N) is 1. The lowest BCUT2D eigenvalue weighted by Gasteiger charge is -2.22. The summed E-state index contributed by atoms with van der Waals surface area (Å²) in [7, 11) is 0. The molecule has 3 aromatic rings. The van der Waals surface area contributed by atoms with Crippen LogP contribution in [0.4, 0.5) is 9.59 Å². The minimum absolute atomic E-state index is 0.204. The van der Waals surface area contributed by atoms with Gasteiger partial charge in [-0.2, -0.15) is 4.98 Å². The van der Waals surface area contributed by atoms with E-state index < -0.39 is 29.4 Å². The molecule has 0 aliphatic heterocycles. The van der Waals surface area contributed by atoms with Gasteiger partial charge in [0.2, 0.25) is 5.89 Å². The molecule has 2 heterocycles. The van der Waals surface area contributed by atoms with Crippen molar-refractivity contribution in [2.24, 2.45) is 0 Å². The third-order valence-corrected chi connectivity index (χ3v) is 4.61. The van der Waals surface area contributed by atoms with Gasteiger partial charge in [0.05, 0.1) is 5.69 Å². The van der Waals surface area contributed by atoms with Crippen LogP contribution in [-0.4, -0.2) is 43.1 Å². The number of rotatable bonds is 7. The summed E-state index contributed by atoms with van der Waals surface area (Å²) in [6.07, 6.45) is 3.28. The number of alkyl carbamates (subject to hydrolysis) is 1. The van der Waals surface area contributed by atoms with E-state index in [1.54, 1.807) is 47.7 Å². The molecule has 1 aromatic carbocycles. The molecule has 10 heteroatoms. The molecule has 10 nitrogen and oxygen atoms in total. The number of amides is 1. The summed E-state index contributed by atoms with van der Waals surface area (Å²) in [6.45, 7) is 10.7. The molecular formula is C25H33N5O5. The second-order valence-corrected chi connectivity index (χ2v) is 10.2. The van der Waals surface area contributed by atoms with Crippen molar-refractivity contribution in [2.45, 2.75) is 78.0 Å². The second kappa shape index (κ2) is 10.7. The van der Waals surface area contributed by atoms with Gasteiger partial charge in [-0.05, 0) is 53.5 Å². The van der Waals surface area contributed by atoms with Crippen LogP contribution in [0.25, 0.3) is 0 Å². The van der Waals surface area contributed by atoms with Gasteiger partial charge in [0.15, 0.2) is 5.82 Å². The topological polar surface area (TPSA) is 121 Å². The van der Waals surface area contributed by atoms with Gasteiger partial charge in [-0.25, -0.2) is 19.1 Å². The first-order chi connectivity index (χ1) is 16.4. The summed E-state index contributed by atoms with van der Waals surface area (Å²) >= 11 is 0. The Hall–Kier alpha value is -3.69. The molecule has 0 bridgehead atoms. The van der Waals surface area contributed by atoms with E-state index in [1.165, 1.54) is 10.9 Å². The minimum Gasteiger partial charge on any atom is -0.444 e. The van der Waals surface area contributed by atoms with Gasteiger partial charge in [0, 0.05) is 19.0 Å². The number of imidazole rings is 1. The molecule has 0 aliphatic carbocycles. The maximum Gasteiger partial charge on any atom is 0.419 e. The molecule has 2 aromatic heterocycles. The Balaban J connectivity index is 1.74. The molecule has 0 fully saturated rings. The molecule has 0 saturated heterocycles. The van der Waals surface area contributed by atoms with Crippen molar-refractivity contribution >= 4 is 12.2 Å². The minimum atomic E-state index is -0.704. The van der Waals surface area contributed by atoms with Crippen molar-refractivity contribution in [3.05, 3.63) is 65.8 Å². The summed E-state index contributed by atoms with van der Waals surface area (Å²) in [5.74, 6) is 0.755. The Morgan fingerprint density at radius 2 is 1.71 bits per heavy atom. The fourth-order valence-corrected chi connectivity index (χ4v) is 3.15. The van der Waals surface area contributed by atoms with Crippen LogP contribution in [0, 0.1) is 0 Å². The third kappa shape index (κ3) is 8.55. The Kier molecular flexibility index (Phi) is 7.93. The average Bonchev–Trinajstić information content (AvgIpc) is 3.40.